The van der Waals surface area contributed by atoms with E-state index in [2.05, 4.69) is 123 Å². The summed E-state index contributed by atoms with van der Waals surface area (Å²) in [5, 5.41) is 3.03. The highest BCUT2D eigenvalue weighted by molar-refractivity contribution is 7.47. The largest absolute Gasteiger partial charge is 0.472 e. The van der Waals surface area contributed by atoms with E-state index in [0.29, 0.717) is 23.9 Å². The van der Waals surface area contributed by atoms with Crippen LogP contribution in [-0.4, -0.2) is 74.3 Å². The summed E-state index contributed by atoms with van der Waals surface area (Å²) in [4.78, 5) is 37.6. The van der Waals surface area contributed by atoms with Crippen LogP contribution < -0.4 is 5.32 Å². The molecule has 0 aliphatic rings. The minimum Gasteiger partial charge on any atom is -0.456 e. The summed E-state index contributed by atoms with van der Waals surface area (Å²) in [5.74, 6) is -0.578. The first kappa shape index (κ1) is 69.7. The quantitative estimate of drug-likeness (QED) is 0.0156. The lowest BCUT2D eigenvalue weighted by molar-refractivity contribution is -0.870. The summed E-state index contributed by atoms with van der Waals surface area (Å²) in [6, 6.07) is -0.878. The number of quaternary nitrogens is 1. The molecule has 0 radical (unpaired) electrons. The maximum absolute atomic E-state index is 13.5. The van der Waals surface area contributed by atoms with Crippen molar-refractivity contribution in [3.05, 3.63) is 109 Å². The topological polar surface area (TPSA) is 111 Å². The first-order valence-electron chi connectivity index (χ1n) is 29.2. The van der Waals surface area contributed by atoms with E-state index in [4.69, 9.17) is 13.8 Å². The van der Waals surface area contributed by atoms with Crippen molar-refractivity contribution in [1.82, 2.24) is 5.32 Å². The van der Waals surface area contributed by atoms with Crippen LogP contribution in [0.3, 0.4) is 0 Å². The van der Waals surface area contributed by atoms with Crippen LogP contribution in [0.2, 0.25) is 0 Å². The van der Waals surface area contributed by atoms with Gasteiger partial charge in [-0.3, -0.25) is 18.6 Å². The second-order valence-corrected chi connectivity index (χ2v) is 21.9. The number of nitrogens with one attached hydrogen (secondary N) is 1. The number of ether oxygens (including phenoxy) is 1. The summed E-state index contributed by atoms with van der Waals surface area (Å²) in [5.41, 5.74) is 0. The van der Waals surface area contributed by atoms with Gasteiger partial charge in [-0.2, -0.15) is 0 Å². The zero-order valence-corrected chi connectivity index (χ0v) is 48.5. The Morgan fingerprint density at radius 3 is 1.44 bits per heavy atom. The fourth-order valence-corrected chi connectivity index (χ4v) is 8.43. The fraction of sp³-hybridized carbons (Fsp3) is 0.683. The van der Waals surface area contributed by atoms with Gasteiger partial charge in [0.15, 0.2) is 0 Å². The number of esters is 1. The normalized spacial score (nSPS) is 14.6. The summed E-state index contributed by atoms with van der Waals surface area (Å²) < 4.78 is 30.6. The van der Waals surface area contributed by atoms with E-state index in [9.17, 15) is 19.0 Å². The lowest BCUT2D eigenvalue weighted by Gasteiger charge is -2.27. The molecule has 0 aromatic rings. The predicted molar refractivity (Wildman–Crippen MR) is 313 cm³/mol. The highest BCUT2D eigenvalue weighted by Crippen LogP contribution is 2.43. The van der Waals surface area contributed by atoms with Gasteiger partial charge < -0.3 is 19.4 Å². The van der Waals surface area contributed by atoms with Crippen LogP contribution in [0.1, 0.15) is 226 Å². The standard InChI is InChI=1S/C63H109N2O7P/c1-7-10-13-16-19-22-25-27-29-30-31-32-33-34-36-38-41-44-47-50-53-56-63(67)72-61(54-51-48-45-42-39-24-21-18-15-12-9-3)60(59-71-73(68,69)70-58-57-65(4,5)6)64-62(66)55-52-49-46-43-40-37-35-28-26-23-20-17-14-11-8-2/h10,13,19-20,22-23,26-29,31-32,34,36,41,44,51,54,60-61H,7-9,11-12,14-18,21,24-25,30,33,35,37-40,42-43,45-50,52-53,55-59H2,1-6H3,(H-,64,66,68,69)/p+1/b13-10-,22-19-,23-20+,28-26+,29-27-,32-31-,36-34-,44-41-,54-51-. The third-order valence-corrected chi connectivity index (χ3v) is 13.2. The van der Waals surface area contributed by atoms with Gasteiger partial charge in [0, 0.05) is 12.8 Å². The van der Waals surface area contributed by atoms with E-state index < -0.39 is 20.0 Å². The van der Waals surface area contributed by atoms with Gasteiger partial charge >= 0.3 is 13.8 Å². The SMILES string of the molecule is CC/C=C\C/C=C\C/C=C\C/C=C\C/C=C\C/C=C\CCCCC(=O)OC(/C=C\CCCCCCCCCCC)C(COP(=O)(O)OCC[N+](C)(C)C)NC(=O)CCCCCCCC/C=C/C=C/CCCCC. The Labute approximate surface area is 449 Å². The zero-order valence-electron chi connectivity index (χ0n) is 47.6. The van der Waals surface area contributed by atoms with Crippen molar-refractivity contribution in [2.24, 2.45) is 0 Å². The number of allylic oxidation sites excluding steroid dienone is 17. The first-order chi connectivity index (χ1) is 35.4. The number of unbranched alkanes of at least 4 members (excludes halogenated alkanes) is 20. The Bertz CT molecular complexity index is 1620. The maximum atomic E-state index is 13.5. The van der Waals surface area contributed by atoms with Gasteiger partial charge in [-0.15, -0.1) is 0 Å². The number of nitrogens with zero attached hydrogens (tertiary/aromatic N) is 1. The van der Waals surface area contributed by atoms with Crippen molar-refractivity contribution < 1.29 is 37.3 Å². The number of hydrogen-bond donors (Lipinski definition) is 2. The van der Waals surface area contributed by atoms with Gasteiger partial charge in [0.05, 0.1) is 33.8 Å². The number of carbonyl (C=O) groups excluding carboxylic acids is 2. The molecule has 0 aliphatic carbocycles. The van der Waals surface area contributed by atoms with Gasteiger partial charge in [0.25, 0.3) is 0 Å². The molecule has 0 saturated heterocycles. The van der Waals surface area contributed by atoms with Gasteiger partial charge in [0.2, 0.25) is 5.91 Å². The molecule has 2 N–H and O–H groups in total. The van der Waals surface area contributed by atoms with Crippen molar-refractivity contribution in [3.8, 4) is 0 Å². The minimum atomic E-state index is -4.46. The van der Waals surface area contributed by atoms with Crippen LogP contribution in [-0.2, 0) is 27.9 Å². The fourth-order valence-electron chi connectivity index (χ4n) is 7.70. The molecule has 0 bridgehead atoms. The molecule has 418 valence electrons. The van der Waals surface area contributed by atoms with E-state index in [1.54, 1.807) is 0 Å². The minimum absolute atomic E-state index is 0.0250. The van der Waals surface area contributed by atoms with Gasteiger partial charge in [-0.25, -0.2) is 4.57 Å². The lowest BCUT2D eigenvalue weighted by atomic mass is 10.1. The Morgan fingerprint density at radius 1 is 0.507 bits per heavy atom. The molecule has 0 rings (SSSR count). The van der Waals surface area contributed by atoms with Crippen LogP contribution >= 0.6 is 7.82 Å². The third kappa shape index (κ3) is 53.3. The molecule has 0 spiro atoms. The smallest absolute Gasteiger partial charge is 0.456 e. The van der Waals surface area contributed by atoms with E-state index in [1.165, 1.54) is 64.2 Å². The molecule has 0 heterocycles. The molecule has 0 saturated carbocycles. The molecule has 0 aliphatic heterocycles. The van der Waals surface area contributed by atoms with E-state index >= 15 is 0 Å². The third-order valence-electron chi connectivity index (χ3n) is 12.2. The predicted octanol–water partition coefficient (Wildman–Crippen LogP) is 17.8. The number of likely N-dealkylation sites (N-methyl/N-ethyl adjacent to an activating group) is 1. The first-order valence-corrected chi connectivity index (χ1v) is 30.7. The average Bonchev–Trinajstić information content (AvgIpc) is 3.35. The number of carbonyl (C=O) groups is 2. The Morgan fingerprint density at radius 2 is 0.918 bits per heavy atom. The molecule has 0 fully saturated rings. The van der Waals surface area contributed by atoms with Gasteiger partial charge in [-0.1, -0.05) is 214 Å². The van der Waals surface area contributed by atoms with Crippen molar-refractivity contribution in [3.63, 3.8) is 0 Å². The second kappa shape index (κ2) is 52.1. The molecular weight excluding hydrogens is 928 g/mol. The van der Waals surface area contributed by atoms with Gasteiger partial charge in [-0.05, 0) is 109 Å². The van der Waals surface area contributed by atoms with Crippen molar-refractivity contribution in [2.75, 3.05) is 40.9 Å². The molecule has 1 amide bonds. The molecule has 0 aromatic heterocycles. The summed E-state index contributed by atoms with van der Waals surface area (Å²) >= 11 is 0. The molecular formula is C63H110N2O7P+. The molecule has 10 heteroatoms. The van der Waals surface area contributed by atoms with Crippen molar-refractivity contribution in [1.29, 1.82) is 0 Å². The van der Waals surface area contributed by atoms with E-state index in [-0.39, 0.29) is 31.5 Å². The number of amides is 1. The molecule has 3 unspecified atom stereocenters. The highest BCUT2D eigenvalue weighted by atomic mass is 31.2. The van der Waals surface area contributed by atoms with Crippen molar-refractivity contribution in [2.45, 2.75) is 238 Å². The molecule has 3 atom stereocenters. The monoisotopic (exact) mass is 1040 g/mol. The van der Waals surface area contributed by atoms with Crippen LogP contribution in [0, 0.1) is 0 Å². The highest BCUT2D eigenvalue weighted by Gasteiger charge is 2.30. The Balaban J connectivity index is 5.39. The van der Waals surface area contributed by atoms with Crippen LogP contribution in [0.4, 0.5) is 0 Å². The number of phosphoric ester groups is 1. The summed E-state index contributed by atoms with van der Waals surface area (Å²) in [6.45, 7) is 6.80. The Hall–Kier alpha value is -3.33. The van der Waals surface area contributed by atoms with Crippen molar-refractivity contribution >= 4 is 19.7 Å². The van der Waals surface area contributed by atoms with Gasteiger partial charge in [0.1, 0.15) is 19.3 Å². The zero-order chi connectivity index (χ0) is 53.6. The number of phosphoric acid groups is 1. The molecule has 73 heavy (non-hydrogen) atoms. The summed E-state index contributed by atoms with van der Waals surface area (Å²) in [6.07, 6.45) is 70.9. The van der Waals surface area contributed by atoms with Crippen LogP contribution in [0.15, 0.2) is 109 Å². The van der Waals surface area contributed by atoms with Crippen LogP contribution in [0.5, 0.6) is 0 Å². The lowest BCUT2D eigenvalue weighted by Crippen LogP contribution is -2.47. The van der Waals surface area contributed by atoms with Crippen LogP contribution in [0.25, 0.3) is 0 Å². The van der Waals surface area contributed by atoms with E-state index in [0.717, 1.165) is 122 Å². The van der Waals surface area contributed by atoms with E-state index in [1.807, 2.05) is 33.3 Å². The summed E-state index contributed by atoms with van der Waals surface area (Å²) in [7, 11) is 1.45. The average molecular weight is 1040 g/mol. The second-order valence-electron chi connectivity index (χ2n) is 20.5. The Kier molecular flexibility index (Phi) is 49.7. The number of hydrogen-bond acceptors (Lipinski definition) is 6. The molecule has 0 aromatic carbocycles. The molecule has 9 nitrogen and oxygen atoms in total. The maximum Gasteiger partial charge on any atom is 0.472 e. The number of rotatable bonds is 51.